The molecule has 0 amide bonds. The minimum Gasteiger partial charge on any atom is -0.481 e. The number of methoxy groups -OCH3 is 1. The Labute approximate surface area is 96.6 Å². The number of aromatic nitrogens is 2. The minimum atomic E-state index is -0.149. The first-order valence-corrected chi connectivity index (χ1v) is 5.23. The van der Waals surface area contributed by atoms with Crippen molar-refractivity contribution in [1.82, 2.24) is 9.97 Å². The van der Waals surface area contributed by atoms with E-state index in [9.17, 15) is 0 Å². The maximum atomic E-state index is 5.75. The van der Waals surface area contributed by atoms with E-state index in [-0.39, 0.29) is 5.54 Å². The summed E-state index contributed by atoms with van der Waals surface area (Å²) < 4.78 is 5.17. The van der Waals surface area contributed by atoms with Crippen LogP contribution in [0.1, 0.15) is 19.4 Å². The van der Waals surface area contributed by atoms with Crippen molar-refractivity contribution in [2.75, 3.05) is 25.6 Å². The van der Waals surface area contributed by atoms with E-state index in [2.05, 4.69) is 23.8 Å². The molecular formula is C11H20N4O. The van der Waals surface area contributed by atoms with Gasteiger partial charge in [0.1, 0.15) is 12.1 Å². The molecule has 0 radical (unpaired) electrons. The zero-order chi connectivity index (χ0) is 12.3. The van der Waals surface area contributed by atoms with Crippen molar-refractivity contribution in [3.8, 4) is 5.88 Å². The van der Waals surface area contributed by atoms with Crippen molar-refractivity contribution in [2.24, 2.45) is 5.73 Å². The number of hydrogen-bond acceptors (Lipinski definition) is 5. The van der Waals surface area contributed by atoms with E-state index < -0.39 is 0 Å². The van der Waals surface area contributed by atoms with Crippen LogP contribution in [0, 0.1) is 6.92 Å². The second-order valence-electron chi connectivity index (χ2n) is 4.41. The van der Waals surface area contributed by atoms with E-state index in [0.717, 1.165) is 11.4 Å². The average Bonchev–Trinajstić information content (AvgIpc) is 2.28. The van der Waals surface area contributed by atoms with E-state index in [1.54, 1.807) is 7.11 Å². The fraction of sp³-hybridized carbons (Fsp3) is 0.636. The van der Waals surface area contributed by atoms with Crippen molar-refractivity contribution in [3.05, 3.63) is 11.9 Å². The van der Waals surface area contributed by atoms with Gasteiger partial charge in [-0.1, -0.05) is 0 Å². The highest BCUT2D eigenvalue weighted by atomic mass is 16.5. The summed E-state index contributed by atoms with van der Waals surface area (Å²) in [7, 11) is 3.58. The Morgan fingerprint density at radius 3 is 2.56 bits per heavy atom. The maximum absolute atomic E-state index is 5.75. The number of nitrogens with zero attached hydrogens (tertiary/aromatic N) is 3. The van der Waals surface area contributed by atoms with Crippen molar-refractivity contribution in [2.45, 2.75) is 26.3 Å². The van der Waals surface area contributed by atoms with Gasteiger partial charge in [-0.05, 0) is 20.8 Å². The lowest BCUT2D eigenvalue weighted by molar-refractivity contribution is 0.392. The number of nitrogens with two attached hydrogens (primary N) is 1. The Bertz CT molecular complexity index is 365. The van der Waals surface area contributed by atoms with Crippen molar-refractivity contribution < 1.29 is 4.74 Å². The first-order chi connectivity index (χ1) is 7.44. The van der Waals surface area contributed by atoms with Crippen molar-refractivity contribution in [3.63, 3.8) is 0 Å². The lowest BCUT2D eigenvalue weighted by atomic mass is 10.0. The van der Waals surface area contributed by atoms with Gasteiger partial charge in [-0.15, -0.1) is 0 Å². The maximum Gasteiger partial charge on any atom is 0.221 e. The summed E-state index contributed by atoms with van der Waals surface area (Å²) in [4.78, 5) is 10.4. The second kappa shape index (κ2) is 4.65. The highest BCUT2D eigenvalue weighted by molar-refractivity contribution is 5.51. The Hall–Kier alpha value is -1.36. The Kier molecular flexibility index (Phi) is 3.70. The number of likely N-dealkylation sites (N-methyl/N-ethyl adjacent to an activating group) is 1. The molecule has 0 unspecified atom stereocenters. The van der Waals surface area contributed by atoms with Crippen LogP contribution in [0.15, 0.2) is 6.33 Å². The highest BCUT2D eigenvalue weighted by Gasteiger charge is 2.25. The van der Waals surface area contributed by atoms with Crippen molar-refractivity contribution >= 4 is 5.82 Å². The Morgan fingerprint density at radius 2 is 2.06 bits per heavy atom. The van der Waals surface area contributed by atoms with Crippen LogP contribution in [0.2, 0.25) is 0 Å². The third-order valence-corrected chi connectivity index (χ3v) is 2.93. The summed E-state index contributed by atoms with van der Waals surface area (Å²) in [6.45, 7) is 6.63. The van der Waals surface area contributed by atoms with Gasteiger partial charge in [-0.25, -0.2) is 9.97 Å². The van der Waals surface area contributed by atoms with Gasteiger partial charge in [0, 0.05) is 19.1 Å². The van der Waals surface area contributed by atoms with Crippen LogP contribution in [-0.2, 0) is 0 Å². The molecule has 1 rings (SSSR count). The molecule has 90 valence electrons. The van der Waals surface area contributed by atoms with Gasteiger partial charge in [-0.3, -0.25) is 0 Å². The van der Waals surface area contributed by atoms with Gasteiger partial charge in [0.05, 0.1) is 12.7 Å². The van der Waals surface area contributed by atoms with Crippen LogP contribution in [0.25, 0.3) is 0 Å². The molecule has 0 atom stereocenters. The fourth-order valence-electron chi connectivity index (χ4n) is 1.39. The van der Waals surface area contributed by atoms with Gasteiger partial charge in [0.2, 0.25) is 5.88 Å². The van der Waals surface area contributed by atoms with Crippen LogP contribution in [0.3, 0.4) is 0 Å². The number of hydrogen-bond donors (Lipinski definition) is 1. The molecular weight excluding hydrogens is 204 g/mol. The zero-order valence-electron chi connectivity index (χ0n) is 10.6. The minimum absolute atomic E-state index is 0.149. The molecule has 0 spiro atoms. The average molecular weight is 224 g/mol. The van der Waals surface area contributed by atoms with Crippen LogP contribution < -0.4 is 15.4 Å². The van der Waals surface area contributed by atoms with E-state index in [4.69, 9.17) is 10.5 Å². The topological polar surface area (TPSA) is 64.3 Å². The molecule has 5 nitrogen and oxygen atoms in total. The zero-order valence-corrected chi connectivity index (χ0v) is 10.6. The Morgan fingerprint density at radius 1 is 1.44 bits per heavy atom. The quantitative estimate of drug-likeness (QED) is 0.825. The van der Waals surface area contributed by atoms with Gasteiger partial charge in [-0.2, -0.15) is 0 Å². The summed E-state index contributed by atoms with van der Waals surface area (Å²) in [6.07, 6.45) is 1.50. The molecule has 0 fully saturated rings. The van der Waals surface area contributed by atoms with Gasteiger partial charge >= 0.3 is 0 Å². The van der Waals surface area contributed by atoms with Crippen LogP contribution in [-0.4, -0.2) is 36.2 Å². The number of anilines is 1. The first-order valence-electron chi connectivity index (χ1n) is 5.23. The molecule has 1 aromatic rings. The summed E-state index contributed by atoms with van der Waals surface area (Å²) in [6, 6.07) is 0. The molecule has 0 aliphatic rings. The molecule has 1 aromatic heterocycles. The fourth-order valence-corrected chi connectivity index (χ4v) is 1.39. The Balaban J connectivity index is 3.14. The summed E-state index contributed by atoms with van der Waals surface area (Å²) in [5, 5.41) is 0. The van der Waals surface area contributed by atoms with Crippen LogP contribution in [0.4, 0.5) is 5.82 Å². The lowest BCUT2D eigenvalue weighted by Crippen LogP contribution is -2.48. The second-order valence-corrected chi connectivity index (χ2v) is 4.41. The van der Waals surface area contributed by atoms with Crippen molar-refractivity contribution in [1.29, 1.82) is 0 Å². The smallest absolute Gasteiger partial charge is 0.221 e. The standard InChI is InChI=1S/C11H20N4O/c1-8-9(13-7-14-10(8)16-5)15(4)11(2,3)6-12/h7H,6,12H2,1-5H3. The van der Waals surface area contributed by atoms with Crippen LogP contribution >= 0.6 is 0 Å². The van der Waals surface area contributed by atoms with Gasteiger partial charge in [0.25, 0.3) is 0 Å². The summed E-state index contributed by atoms with van der Waals surface area (Å²) in [5.74, 6) is 1.45. The SMILES string of the molecule is COc1ncnc(N(C)C(C)(C)CN)c1C. The molecule has 0 aromatic carbocycles. The molecule has 16 heavy (non-hydrogen) atoms. The number of rotatable bonds is 4. The molecule has 1 heterocycles. The van der Waals surface area contributed by atoms with Gasteiger partial charge < -0.3 is 15.4 Å². The molecule has 0 bridgehead atoms. The first kappa shape index (κ1) is 12.7. The van der Waals surface area contributed by atoms with E-state index >= 15 is 0 Å². The predicted molar refractivity (Wildman–Crippen MR) is 64.9 cm³/mol. The molecule has 2 N–H and O–H groups in total. The largest absolute Gasteiger partial charge is 0.481 e. The lowest BCUT2D eigenvalue weighted by Gasteiger charge is -2.36. The molecule has 0 aliphatic carbocycles. The summed E-state index contributed by atoms with van der Waals surface area (Å²) >= 11 is 0. The molecule has 0 saturated heterocycles. The van der Waals surface area contributed by atoms with E-state index in [1.165, 1.54) is 6.33 Å². The molecule has 0 saturated carbocycles. The molecule has 5 heteroatoms. The summed E-state index contributed by atoms with van der Waals surface area (Å²) in [5.41, 5.74) is 6.53. The molecule has 0 aliphatic heterocycles. The third kappa shape index (κ3) is 2.24. The van der Waals surface area contributed by atoms with E-state index in [1.807, 2.05) is 18.9 Å². The van der Waals surface area contributed by atoms with Crippen LogP contribution in [0.5, 0.6) is 5.88 Å². The van der Waals surface area contributed by atoms with E-state index in [0.29, 0.717) is 12.4 Å². The monoisotopic (exact) mass is 224 g/mol. The number of ether oxygens (including phenoxy) is 1. The van der Waals surface area contributed by atoms with Gasteiger partial charge in [0.15, 0.2) is 0 Å². The highest BCUT2D eigenvalue weighted by Crippen LogP contribution is 2.26. The third-order valence-electron chi connectivity index (χ3n) is 2.93. The predicted octanol–water partition coefficient (Wildman–Crippen LogP) is 0.967. The normalized spacial score (nSPS) is 11.4.